The van der Waals surface area contributed by atoms with Crippen LogP contribution in [0.3, 0.4) is 0 Å². The topological polar surface area (TPSA) is 27.0 Å². The van der Waals surface area contributed by atoms with Crippen molar-refractivity contribution >= 4 is 11.8 Å². The Morgan fingerprint density at radius 2 is 2.22 bits per heavy atom. The molecule has 1 aliphatic heterocycles. The molecule has 0 radical (unpaired) electrons. The largest absolute Gasteiger partial charge is 0.297 e. The van der Waals surface area contributed by atoms with Gasteiger partial charge in [-0.2, -0.15) is 17.0 Å². The van der Waals surface area contributed by atoms with E-state index in [4.69, 9.17) is 5.26 Å². The number of nitriles is 1. The highest BCUT2D eigenvalue weighted by atomic mass is 32.2. The van der Waals surface area contributed by atoms with Crippen LogP contribution >= 0.6 is 11.8 Å². The van der Waals surface area contributed by atoms with Gasteiger partial charge in [0.2, 0.25) is 0 Å². The van der Waals surface area contributed by atoms with Gasteiger partial charge in [0.1, 0.15) is 5.82 Å². The van der Waals surface area contributed by atoms with E-state index in [9.17, 15) is 4.39 Å². The summed E-state index contributed by atoms with van der Waals surface area (Å²) < 4.78 is 13.6. The third kappa shape index (κ3) is 3.47. The molecule has 0 aliphatic carbocycles. The Morgan fingerprint density at radius 3 is 2.89 bits per heavy atom. The first kappa shape index (κ1) is 13.4. The molecule has 1 saturated heterocycles. The molecule has 4 heteroatoms. The molecule has 1 aromatic carbocycles. The van der Waals surface area contributed by atoms with Gasteiger partial charge in [0.15, 0.2) is 0 Å². The fraction of sp³-hybridized carbons (Fsp3) is 0.500. The fourth-order valence-corrected chi connectivity index (χ4v) is 3.49. The number of benzene rings is 1. The molecule has 0 amide bonds. The molecule has 0 spiro atoms. The molecule has 1 heterocycles. The summed E-state index contributed by atoms with van der Waals surface area (Å²) in [5, 5.41) is 8.84. The number of thioether (sulfide) groups is 1. The van der Waals surface area contributed by atoms with E-state index in [2.05, 4.69) is 18.7 Å². The number of hydrogen-bond acceptors (Lipinski definition) is 3. The Labute approximate surface area is 112 Å². The quantitative estimate of drug-likeness (QED) is 0.821. The van der Waals surface area contributed by atoms with Gasteiger partial charge in [-0.25, -0.2) is 4.39 Å². The summed E-state index contributed by atoms with van der Waals surface area (Å²) >= 11 is 1.98. The smallest absolute Gasteiger partial charge is 0.124 e. The zero-order valence-electron chi connectivity index (χ0n) is 10.7. The van der Waals surface area contributed by atoms with Crippen LogP contribution in [0, 0.1) is 17.1 Å². The van der Waals surface area contributed by atoms with Gasteiger partial charge in [-0.05, 0) is 37.6 Å². The summed E-state index contributed by atoms with van der Waals surface area (Å²) in [6.07, 6.45) is 0. The maximum Gasteiger partial charge on any atom is 0.124 e. The molecule has 96 valence electrons. The lowest BCUT2D eigenvalue weighted by Gasteiger charge is -2.37. The average Bonchev–Trinajstić information content (AvgIpc) is 2.26. The zero-order chi connectivity index (χ0) is 13.2. The third-order valence-electron chi connectivity index (χ3n) is 3.00. The van der Waals surface area contributed by atoms with Crippen LogP contribution in [0.4, 0.5) is 4.39 Å². The Hall–Kier alpha value is -1.05. The van der Waals surface area contributed by atoms with E-state index in [-0.39, 0.29) is 10.6 Å². The summed E-state index contributed by atoms with van der Waals surface area (Å²) in [4.78, 5) is 2.33. The minimum atomic E-state index is -0.324. The van der Waals surface area contributed by atoms with Crippen LogP contribution in [0.1, 0.15) is 25.0 Å². The minimum absolute atomic E-state index is 0.254. The lowest BCUT2D eigenvalue weighted by atomic mass is 10.1. The van der Waals surface area contributed by atoms with Crippen molar-refractivity contribution in [1.82, 2.24) is 4.90 Å². The van der Waals surface area contributed by atoms with Crippen molar-refractivity contribution in [3.63, 3.8) is 0 Å². The lowest BCUT2D eigenvalue weighted by Crippen LogP contribution is -2.42. The number of rotatable bonds is 2. The van der Waals surface area contributed by atoms with Crippen molar-refractivity contribution in [3.8, 4) is 6.07 Å². The number of halogens is 1. The van der Waals surface area contributed by atoms with Crippen molar-refractivity contribution in [1.29, 1.82) is 5.26 Å². The standard InChI is InChI=1S/C14H17FN2S/c1-14(2)10-17(3-4-18-14)9-12-5-11(8-16)6-13(15)7-12/h5-7H,3-4,9-10H2,1-2H3. The SMILES string of the molecule is CC1(C)CN(Cc2cc(F)cc(C#N)c2)CCS1. The first-order chi connectivity index (χ1) is 8.48. The fourth-order valence-electron chi connectivity index (χ4n) is 2.31. The van der Waals surface area contributed by atoms with Gasteiger partial charge in [0.05, 0.1) is 11.6 Å². The normalized spacial score (nSPS) is 19.4. The Bertz CT molecular complexity index is 479. The molecular formula is C14H17FN2S. The van der Waals surface area contributed by atoms with Crippen molar-refractivity contribution in [3.05, 3.63) is 35.1 Å². The molecule has 0 bridgehead atoms. The predicted octanol–water partition coefficient (Wildman–Crippen LogP) is 3.02. The molecule has 2 rings (SSSR count). The summed E-state index contributed by atoms with van der Waals surface area (Å²) in [7, 11) is 0. The summed E-state index contributed by atoms with van der Waals surface area (Å²) in [5.41, 5.74) is 1.28. The van der Waals surface area contributed by atoms with Crippen molar-refractivity contribution in [2.75, 3.05) is 18.8 Å². The second-order valence-electron chi connectivity index (χ2n) is 5.28. The monoisotopic (exact) mass is 264 g/mol. The van der Waals surface area contributed by atoms with Crippen molar-refractivity contribution in [2.24, 2.45) is 0 Å². The predicted molar refractivity (Wildman–Crippen MR) is 72.9 cm³/mol. The van der Waals surface area contributed by atoms with E-state index in [1.54, 1.807) is 6.07 Å². The maximum absolute atomic E-state index is 13.3. The summed E-state index contributed by atoms with van der Waals surface area (Å²) in [6, 6.07) is 6.58. The van der Waals surface area contributed by atoms with Crippen LogP contribution in [0.25, 0.3) is 0 Å². The molecule has 1 aliphatic rings. The molecule has 0 aromatic heterocycles. The van der Waals surface area contributed by atoms with Gasteiger partial charge in [0, 0.05) is 30.1 Å². The molecule has 0 atom stereocenters. The minimum Gasteiger partial charge on any atom is -0.297 e. The lowest BCUT2D eigenvalue weighted by molar-refractivity contribution is 0.252. The molecule has 2 nitrogen and oxygen atoms in total. The average molecular weight is 264 g/mol. The first-order valence-corrected chi connectivity index (χ1v) is 7.03. The van der Waals surface area contributed by atoms with E-state index in [0.717, 1.165) is 31.0 Å². The summed E-state index contributed by atoms with van der Waals surface area (Å²) in [5.74, 6) is 0.780. The van der Waals surface area contributed by atoms with Crippen molar-refractivity contribution in [2.45, 2.75) is 25.1 Å². The molecule has 1 fully saturated rings. The van der Waals surface area contributed by atoms with Crippen LogP contribution in [0.5, 0.6) is 0 Å². The molecular weight excluding hydrogens is 247 g/mol. The Morgan fingerprint density at radius 1 is 1.44 bits per heavy atom. The highest BCUT2D eigenvalue weighted by molar-refractivity contribution is 8.00. The van der Waals surface area contributed by atoms with Gasteiger partial charge in [-0.3, -0.25) is 4.90 Å². The second kappa shape index (κ2) is 5.29. The van der Waals surface area contributed by atoms with Crippen molar-refractivity contribution < 1.29 is 4.39 Å². The third-order valence-corrected chi connectivity index (χ3v) is 4.29. The van der Waals surface area contributed by atoms with E-state index >= 15 is 0 Å². The highest BCUT2D eigenvalue weighted by Crippen LogP contribution is 2.30. The summed E-state index contributed by atoms with van der Waals surface area (Å²) in [6.45, 7) is 7.20. The number of hydrogen-bond donors (Lipinski definition) is 0. The zero-order valence-corrected chi connectivity index (χ0v) is 11.6. The van der Waals surface area contributed by atoms with Gasteiger partial charge in [0.25, 0.3) is 0 Å². The molecule has 0 saturated carbocycles. The van der Waals surface area contributed by atoms with E-state index in [1.165, 1.54) is 12.1 Å². The van der Waals surface area contributed by atoms with Crippen LogP contribution in [-0.4, -0.2) is 28.5 Å². The van der Waals surface area contributed by atoms with Gasteiger partial charge in [-0.1, -0.05) is 0 Å². The molecule has 1 aromatic rings. The van der Waals surface area contributed by atoms with Crippen LogP contribution < -0.4 is 0 Å². The van der Waals surface area contributed by atoms with E-state index < -0.39 is 0 Å². The first-order valence-electron chi connectivity index (χ1n) is 6.04. The van der Waals surface area contributed by atoms with Crippen LogP contribution in [-0.2, 0) is 6.54 Å². The Balaban J connectivity index is 2.10. The van der Waals surface area contributed by atoms with E-state index in [1.807, 2.05) is 17.8 Å². The number of nitrogens with zero attached hydrogens (tertiary/aromatic N) is 2. The van der Waals surface area contributed by atoms with Crippen LogP contribution in [0.15, 0.2) is 18.2 Å². The molecule has 18 heavy (non-hydrogen) atoms. The maximum atomic E-state index is 13.3. The van der Waals surface area contributed by atoms with Gasteiger partial charge in [-0.15, -0.1) is 0 Å². The molecule has 0 unspecified atom stereocenters. The molecule has 0 N–H and O–H groups in total. The van der Waals surface area contributed by atoms with Gasteiger partial charge < -0.3 is 0 Å². The Kier molecular flexibility index (Phi) is 3.94. The van der Waals surface area contributed by atoms with Gasteiger partial charge >= 0.3 is 0 Å². The highest BCUT2D eigenvalue weighted by Gasteiger charge is 2.26. The van der Waals surface area contributed by atoms with E-state index in [0.29, 0.717) is 5.56 Å². The van der Waals surface area contributed by atoms with Crippen LogP contribution in [0.2, 0.25) is 0 Å². The second-order valence-corrected chi connectivity index (χ2v) is 7.08.